The van der Waals surface area contributed by atoms with Crippen LogP contribution in [0.4, 0.5) is 0 Å². The first-order valence-corrected chi connectivity index (χ1v) is 6.92. The van der Waals surface area contributed by atoms with Gasteiger partial charge < -0.3 is 15.7 Å². The predicted octanol–water partition coefficient (Wildman–Crippen LogP) is 0.934. The van der Waals surface area contributed by atoms with Crippen molar-refractivity contribution in [1.82, 2.24) is 10.6 Å². The third-order valence-corrected chi connectivity index (χ3v) is 3.52. The number of nitrogens with one attached hydrogen (secondary N) is 2. The molecule has 1 aliphatic rings. The Balaban J connectivity index is 1.77. The summed E-state index contributed by atoms with van der Waals surface area (Å²) in [6.45, 7) is 3.27. The Kier molecular flexibility index (Phi) is 4.93. The maximum Gasteiger partial charge on any atom is 0.216 e. The van der Waals surface area contributed by atoms with E-state index < -0.39 is 6.10 Å². The number of aliphatic hydroxyl groups excluding tert-OH is 1. The first-order valence-electron chi connectivity index (χ1n) is 6.92. The number of carbonyl (C=O) groups excluding carboxylic acids is 1. The van der Waals surface area contributed by atoms with Crippen LogP contribution in [0.3, 0.4) is 0 Å². The first-order chi connectivity index (χ1) is 9.16. The largest absolute Gasteiger partial charge is 0.387 e. The maximum absolute atomic E-state index is 10.7. The minimum absolute atomic E-state index is 0.0269. The van der Waals surface area contributed by atoms with Gasteiger partial charge in [-0.2, -0.15) is 0 Å². The van der Waals surface area contributed by atoms with E-state index in [9.17, 15) is 9.90 Å². The molecule has 1 amide bonds. The number of benzene rings is 1. The molecule has 0 bridgehead atoms. The Morgan fingerprint density at radius 2 is 2.11 bits per heavy atom. The Bertz CT molecular complexity index is 446. The van der Waals surface area contributed by atoms with E-state index in [2.05, 4.69) is 22.8 Å². The summed E-state index contributed by atoms with van der Waals surface area (Å²) in [7, 11) is 0. The summed E-state index contributed by atoms with van der Waals surface area (Å²) in [5.41, 5.74) is 3.79. The van der Waals surface area contributed by atoms with E-state index in [1.165, 1.54) is 30.9 Å². The SMILES string of the molecule is CC(=O)NCCNCC(O)c1ccc2c(c1)CCC2. The van der Waals surface area contributed by atoms with Crippen LogP contribution in [0.5, 0.6) is 0 Å². The second-order valence-electron chi connectivity index (χ2n) is 5.08. The Labute approximate surface area is 114 Å². The van der Waals surface area contributed by atoms with Crippen molar-refractivity contribution in [3.8, 4) is 0 Å². The molecule has 0 radical (unpaired) electrons. The summed E-state index contributed by atoms with van der Waals surface area (Å²) in [6.07, 6.45) is 3.04. The van der Waals surface area contributed by atoms with E-state index in [-0.39, 0.29) is 5.91 Å². The molecule has 0 fully saturated rings. The van der Waals surface area contributed by atoms with E-state index >= 15 is 0 Å². The van der Waals surface area contributed by atoms with Crippen LogP contribution in [-0.4, -0.2) is 30.6 Å². The molecule has 2 rings (SSSR count). The number of carbonyl (C=O) groups is 1. The highest BCUT2D eigenvalue weighted by atomic mass is 16.3. The fourth-order valence-electron chi connectivity index (χ4n) is 2.48. The fraction of sp³-hybridized carbons (Fsp3) is 0.533. The lowest BCUT2D eigenvalue weighted by molar-refractivity contribution is -0.118. The average Bonchev–Trinajstić information content (AvgIpc) is 2.84. The van der Waals surface area contributed by atoms with Crippen molar-refractivity contribution in [3.05, 3.63) is 34.9 Å². The van der Waals surface area contributed by atoms with Crippen molar-refractivity contribution in [2.24, 2.45) is 0 Å². The van der Waals surface area contributed by atoms with Gasteiger partial charge >= 0.3 is 0 Å². The van der Waals surface area contributed by atoms with E-state index in [1.54, 1.807) is 0 Å². The molecule has 1 aromatic carbocycles. The quantitative estimate of drug-likeness (QED) is 0.669. The van der Waals surface area contributed by atoms with Crippen molar-refractivity contribution >= 4 is 5.91 Å². The number of aliphatic hydroxyl groups is 1. The van der Waals surface area contributed by atoms with Crippen LogP contribution in [0.25, 0.3) is 0 Å². The third-order valence-electron chi connectivity index (χ3n) is 3.52. The molecule has 0 saturated heterocycles. The summed E-state index contributed by atoms with van der Waals surface area (Å²) >= 11 is 0. The molecule has 4 heteroatoms. The molecule has 1 aromatic rings. The molecule has 1 unspecified atom stereocenters. The van der Waals surface area contributed by atoms with Crippen LogP contribution in [0.15, 0.2) is 18.2 Å². The highest BCUT2D eigenvalue weighted by Gasteiger charge is 2.14. The van der Waals surface area contributed by atoms with Crippen LogP contribution in [0.2, 0.25) is 0 Å². The molecular formula is C15H22N2O2. The van der Waals surface area contributed by atoms with E-state index in [4.69, 9.17) is 0 Å². The van der Waals surface area contributed by atoms with Gasteiger partial charge in [0.05, 0.1) is 6.10 Å². The lowest BCUT2D eigenvalue weighted by Crippen LogP contribution is -2.32. The van der Waals surface area contributed by atoms with Gasteiger partial charge in [-0.05, 0) is 36.0 Å². The molecule has 4 nitrogen and oxygen atoms in total. The molecule has 3 N–H and O–H groups in total. The van der Waals surface area contributed by atoms with Crippen molar-refractivity contribution < 1.29 is 9.90 Å². The van der Waals surface area contributed by atoms with Crippen LogP contribution in [0.1, 0.15) is 36.1 Å². The second kappa shape index (κ2) is 6.68. The average molecular weight is 262 g/mol. The molecule has 1 aliphatic carbocycles. The highest BCUT2D eigenvalue weighted by molar-refractivity contribution is 5.72. The van der Waals surface area contributed by atoms with E-state index in [1.807, 2.05) is 6.07 Å². The van der Waals surface area contributed by atoms with Gasteiger partial charge in [0.15, 0.2) is 0 Å². The van der Waals surface area contributed by atoms with Crippen LogP contribution >= 0.6 is 0 Å². The Morgan fingerprint density at radius 3 is 2.89 bits per heavy atom. The summed E-state index contributed by atoms with van der Waals surface area (Å²) < 4.78 is 0. The smallest absolute Gasteiger partial charge is 0.216 e. The van der Waals surface area contributed by atoms with E-state index in [0.717, 1.165) is 12.0 Å². The van der Waals surface area contributed by atoms with Crippen LogP contribution < -0.4 is 10.6 Å². The minimum Gasteiger partial charge on any atom is -0.387 e. The first kappa shape index (κ1) is 14.0. The van der Waals surface area contributed by atoms with Gasteiger partial charge in [-0.1, -0.05) is 18.2 Å². The lowest BCUT2D eigenvalue weighted by atomic mass is 10.0. The number of hydrogen-bond donors (Lipinski definition) is 3. The van der Waals surface area contributed by atoms with Crippen LogP contribution in [-0.2, 0) is 17.6 Å². The highest BCUT2D eigenvalue weighted by Crippen LogP contribution is 2.25. The standard InChI is InChI=1S/C15H22N2O2/c1-11(18)17-8-7-16-10-15(19)14-6-5-12-3-2-4-13(12)9-14/h5-6,9,15-16,19H,2-4,7-8,10H2,1H3,(H,17,18). The fourth-order valence-corrected chi connectivity index (χ4v) is 2.48. The van der Waals surface area contributed by atoms with Gasteiger partial charge in [0.2, 0.25) is 5.91 Å². The zero-order valence-corrected chi connectivity index (χ0v) is 11.4. The topological polar surface area (TPSA) is 61.4 Å². The monoisotopic (exact) mass is 262 g/mol. The second-order valence-corrected chi connectivity index (χ2v) is 5.08. The molecule has 0 saturated carbocycles. The summed E-state index contributed by atoms with van der Waals surface area (Å²) in [6, 6.07) is 6.28. The van der Waals surface area contributed by atoms with Crippen molar-refractivity contribution in [3.63, 3.8) is 0 Å². The van der Waals surface area contributed by atoms with Crippen molar-refractivity contribution in [1.29, 1.82) is 0 Å². The van der Waals surface area contributed by atoms with Gasteiger partial charge in [-0.15, -0.1) is 0 Å². The van der Waals surface area contributed by atoms with Crippen molar-refractivity contribution in [2.45, 2.75) is 32.3 Å². The predicted molar refractivity (Wildman–Crippen MR) is 75.0 cm³/mol. The number of aryl methyl sites for hydroxylation is 2. The van der Waals surface area contributed by atoms with Gasteiger partial charge in [-0.3, -0.25) is 4.79 Å². The molecule has 104 valence electrons. The lowest BCUT2D eigenvalue weighted by Gasteiger charge is -2.13. The summed E-state index contributed by atoms with van der Waals surface area (Å²) in [5, 5.41) is 16.0. The molecule has 0 aliphatic heterocycles. The zero-order chi connectivity index (χ0) is 13.7. The molecular weight excluding hydrogens is 240 g/mol. The normalized spacial score (nSPS) is 15.1. The van der Waals surface area contributed by atoms with Crippen molar-refractivity contribution in [2.75, 3.05) is 19.6 Å². The Hall–Kier alpha value is -1.39. The Morgan fingerprint density at radius 1 is 1.32 bits per heavy atom. The summed E-state index contributed by atoms with van der Waals surface area (Å²) in [4.78, 5) is 10.7. The number of hydrogen-bond acceptors (Lipinski definition) is 3. The molecule has 0 heterocycles. The minimum atomic E-state index is -0.483. The van der Waals surface area contributed by atoms with E-state index in [0.29, 0.717) is 19.6 Å². The van der Waals surface area contributed by atoms with Gasteiger partial charge in [0.25, 0.3) is 0 Å². The summed E-state index contributed by atoms with van der Waals surface area (Å²) in [5.74, 6) is -0.0269. The number of rotatable bonds is 6. The maximum atomic E-state index is 10.7. The van der Waals surface area contributed by atoms with Gasteiger partial charge in [0, 0.05) is 26.6 Å². The third kappa shape index (κ3) is 4.04. The van der Waals surface area contributed by atoms with Gasteiger partial charge in [-0.25, -0.2) is 0 Å². The molecule has 19 heavy (non-hydrogen) atoms. The van der Waals surface area contributed by atoms with Gasteiger partial charge in [0.1, 0.15) is 0 Å². The van der Waals surface area contributed by atoms with Crippen LogP contribution in [0, 0.1) is 0 Å². The molecule has 0 aromatic heterocycles. The number of fused-ring (bicyclic) bond motifs is 1. The zero-order valence-electron chi connectivity index (χ0n) is 11.4. The number of amides is 1. The molecule has 0 spiro atoms. The molecule has 1 atom stereocenters.